The van der Waals surface area contributed by atoms with Gasteiger partial charge in [0, 0.05) is 5.56 Å². The second kappa shape index (κ2) is 7.68. The van der Waals surface area contributed by atoms with Crippen molar-refractivity contribution < 1.29 is 14.3 Å². The lowest BCUT2D eigenvalue weighted by atomic mass is 10.0. The molecular weight excluding hydrogens is 290 g/mol. The molecule has 0 fully saturated rings. The van der Waals surface area contributed by atoms with E-state index in [2.05, 4.69) is 5.32 Å². The summed E-state index contributed by atoms with van der Waals surface area (Å²) in [5.74, 6) is 1.45. The normalized spacial score (nSPS) is 11.7. The number of aryl methyl sites for hydroxylation is 1. The Kier molecular flexibility index (Phi) is 5.63. The topological polar surface area (TPSA) is 47.6 Å². The second-order valence-corrected chi connectivity index (χ2v) is 5.50. The minimum absolute atomic E-state index is 0.0170. The number of benzene rings is 2. The van der Waals surface area contributed by atoms with Gasteiger partial charge < -0.3 is 14.8 Å². The van der Waals surface area contributed by atoms with Gasteiger partial charge in [-0.2, -0.15) is 0 Å². The van der Waals surface area contributed by atoms with Crippen molar-refractivity contribution >= 4 is 5.91 Å². The lowest BCUT2D eigenvalue weighted by molar-refractivity contribution is -0.121. The molecule has 4 nitrogen and oxygen atoms in total. The second-order valence-electron chi connectivity index (χ2n) is 5.50. The standard InChI is InChI=1S/C19H23NO3/c1-13-7-5-6-8-15(13)11-19(21)20-14(2)17-12-16(22-3)9-10-18(17)23-4/h5-10,12,14H,11H2,1-4H3,(H,20,21)/t14-/m1/s1. The van der Waals surface area contributed by atoms with Crippen molar-refractivity contribution in [3.8, 4) is 11.5 Å². The summed E-state index contributed by atoms with van der Waals surface area (Å²) >= 11 is 0. The predicted octanol–water partition coefficient (Wildman–Crippen LogP) is 3.43. The summed E-state index contributed by atoms with van der Waals surface area (Å²) in [6, 6.07) is 13.3. The van der Waals surface area contributed by atoms with Crippen LogP contribution in [-0.4, -0.2) is 20.1 Å². The maximum absolute atomic E-state index is 12.3. The first-order chi connectivity index (χ1) is 11.0. The zero-order chi connectivity index (χ0) is 16.8. The van der Waals surface area contributed by atoms with Crippen LogP contribution in [0.5, 0.6) is 11.5 Å². The van der Waals surface area contributed by atoms with Gasteiger partial charge in [0.2, 0.25) is 5.91 Å². The summed E-state index contributed by atoms with van der Waals surface area (Å²) in [4.78, 5) is 12.3. The smallest absolute Gasteiger partial charge is 0.224 e. The SMILES string of the molecule is COc1ccc(OC)c([C@@H](C)NC(=O)Cc2ccccc2C)c1. The fourth-order valence-corrected chi connectivity index (χ4v) is 2.53. The number of hydrogen-bond donors (Lipinski definition) is 1. The fourth-order valence-electron chi connectivity index (χ4n) is 2.53. The van der Waals surface area contributed by atoms with E-state index in [1.165, 1.54) is 0 Å². The molecule has 1 atom stereocenters. The summed E-state index contributed by atoms with van der Waals surface area (Å²) in [7, 11) is 3.24. The van der Waals surface area contributed by atoms with E-state index in [-0.39, 0.29) is 11.9 Å². The molecule has 0 unspecified atom stereocenters. The Labute approximate surface area is 137 Å². The molecule has 122 valence electrons. The van der Waals surface area contributed by atoms with E-state index in [0.29, 0.717) is 6.42 Å². The molecule has 0 bridgehead atoms. The van der Waals surface area contributed by atoms with Crippen LogP contribution in [0, 0.1) is 6.92 Å². The van der Waals surface area contributed by atoms with Gasteiger partial charge in [-0.15, -0.1) is 0 Å². The highest BCUT2D eigenvalue weighted by molar-refractivity contribution is 5.79. The molecule has 0 heterocycles. The molecule has 0 radical (unpaired) electrons. The molecule has 0 aliphatic heterocycles. The molecule has 4 heteroatoms. The first-order valence-electron chi connectivity index (χ1n) is 7.61. The number of carbonyl (C=O) groups is 1. The van der Waals surface area contributed by atoms with Gasteiger partial charge >= 0.3 is 0 Å². The first kappa shape index (κ1) is 16.9. The van der Waals surface area contributed by atoms with E-state index in [0.717, 1.165) is 28.2 Å². The summed E-state index contributed by atoms with van der Waals surface area (Å²) in [6.07, 6.45) is 0.364. The molecule has 0 aromatic heterocycles. The van der Waals surface area contributed by atoms with Gasteiger partial charge in [0.15, 0.2) is 0 Å². The van der Waals surface area contributed by atoms with Crippen LogP contribution in [-0.2, 0) is 11.2 Å². The van der Waals surface area contributed by atoms with E-state index in [9.17, 15) is 4.79 Å². The van der Waals surface area contributed by atoms with Crippen LogP contribution in [0.3, 0.4) is 0 Å². The minimum Gasteiger partial charge on any atom is -0.497 e. The summed E-state index contributed by atoms with van der Waals surface area (Å²) in [6.45, 7) is 3.95. The summed E-state index contributed by atoms with van der Waals surface area (Å²) in [5.41, 5.74) is 3.05. The van der Waals surface area contributed by atoms with E-state index in [4.69, 9.17) is 9.47 Å². The third kappa shape index (κ3) is 4.25. The van der Waals surface area contributed by atoms with Gasteiger partial charge in [-0.05, 0) is 43.2 Å². The van der Waals surface area contributed by atoms with E-state index < -0.39 is 0 Å². The monoisotopic (exact) mass is 313 g/mol. The van der Waals surface area contributed by atoms with Crippen LogP contribution in [0.15, 0.2) is 42.5 Å². The summed E-state index contributed by atoms with van der Waals surface area (Å²) in [5, 5.41) is 3.02. The lowest BCUT2D eigenvalue weighted by Crippen LogP contribution is -2.28. The third-order valence-corrected chi connectivity index (χ3v) is 3.89. The maximum Gasteiger partial charge on any atom is 0.224 e. The first-order valence-corrected chi connectivity index (χ1v) is 7.61. The van der Waals surface area contributed by atoms with Crippen LogP contribution >= 0.6 is 0 Å². The number of amides is 1. The third-order valence-electron chi connectivity index (χ3n) is 3.89. The molecule has 1 N–H and O–H groups in total. The van der Waals surface area contributed by atoms with Crippen LogP contribution in [0.25, 0.3) is 0 Å². The zero-order valence-corrected chi connectivity index (χ0v) is 14.1. The van der Waals surface area contributed by atoms with Gasteiger partial charge in [-0.25, -0.2) is 0 Å². The summed E-state index contributed by atoms with van der Waals surface area (Å²) < 4.78 is 10.6. The Morgan fingerprint density at radius 1 is 1.13 bits per heavy atom. The van der Waals surface area contributed by atoms with E-state index in [1.807, 2.05) is 56.3 Å². The molecule has 0 aliphatic carbocycles. The number of rotatable bonds is 6. The van der Waals surface area contributed by atoms with Crippen molar-refractivity contribution in [2.45, 2.75) is 26.3 Å². The van der Waals surface area contributed by atoms with Crippen LogP contribution < -0.4 is 14.8 Å². The molecule has 0 aliphatic rings. The molecule has 0 saturated carbocycles. The Bertz CT molecular complexity index is 682. The lowest BCUT2D eigenvalue weighted by Gasteiger charge is -2.18. The molecule has 2 aromatic carbocycles. The zero-order valence-electron chi connectivity index (χ0n) is 14.1. The average Bonchev–Trinajstić information content (AvgIpc) is 2.56. The average molecular weight is 313 g/mol. The largest absolute Gasteiger partial charge is 0.497 e. The number of carbonyl (C=O) groups excluding carboxylic acids is 1. The Balaban J connectivity index is 2.10. The van der Waals surface area contributed by atoms with Crippen molar-refractivity contribution in [2.24, 2.45) is 0 Å². The van der Waals surface area contributed by atoms with E-state index >= 15 is 0 Å². The van der Waals surface area contributed by atoms with Crippen LogP contribution in [0.4, 0.5) is 0 Å². The fraction of sp³-hybridized carbons (Fsp3) is 0.316. The molecule has 1 amide bonds. The Morgan fingerprint density at radius 2 is 1.87 bits per heavy atom. The van der Waals surface area contributed by atoms with Crippen molar-refractivity contribution in [3.05, 3.63) is 59.2 Å². The molecule has 2 aromatic rings. The van der Waals surface area contributed by atoms with Crippen LogP contribution in [0.1, 0.15) is 29.7 Å². The Hall–Kier alpha value is -2.49. The quantitative estimate of drug-likeness (QED) is 0.889. The Morgan fingerprint density at radius 3 is 2.52 bits per heavy atom. The predicted molar refractivity (Wildman–Crippen MR) is 91.0 cm³/mol. The maximum atomic E-state index is 12.3. The number of ether oxygens (including phenoxy) is 2. The number of hydrogen-bond acceptors (Lipinski definition) is 3. The number of methoxy groups -OCH3 is 2. The van der Waals surface area contributed by atoms with Crippen molar-refractivity contribution in [2.75, 3.05) is 14.2 Å². The highest BCUT2D eigenvalue weighted by Gasteiger charge is 2.15. The molecule has 0 saturated heterocycles. The molecule has 23 heavy (non-hydrogen) atoms. The molecular formula is C19H23NO3. The van der Waals surface area contributed by atoms with Crippen molar-refractivity contribution in [1.82, 2.24) is 5.32 Å². The molecule has 2 rings (SSSR count). The van der Waals surface area contributed by atoms with E-state index in [1.54, 1.807) is 14.2 Å². The van der Waals surface area contributed by atoms with Crippen LogP contribution in [0.2, 0.25) is 0 Å². The van der Waals surface area contributed by atoms with Gasteiger partial charge in [0.05, 0.1) is 26.7 Å². The molecule has 0 spiro atoms. The van der Waals surface area contributed by atoms with Gasteiger partial charge in [0.1, 0.15) is 11.5 Å². The highest BCUT2D eigenvalue weighted by Crippen LogP contribution is 2.29. The van der Waals surface area contributed by atoms with Gasteiger partial charge in [-0.1, -0.05) is 24.3 Å². The van der Waals surface area contributed by atoms with Gasteiger partial charge in [-0.3, -0.25) is 4.79 Å². The highest BCUT2D eigenvalue weighted by atomic mass is 16.5. The van der Waals surface area contributed by atoms with Gasteiger partial charge in [0.25, 0.3) is 0 Å². The number of nitrogens with one attached hydrogen (secondary N) is 1. The van der Waals surface area contributed by atoms with Crippen molar-refractivity contribution in [1.29, 1.82) is 0 Å². The van der Waals surface area contributed by atoms with Crippen molar-refractivity contribution in [3.63, 3.8) is 0 Å². The minimum atomic E-state index is -0.170.